The van der Waals surface area contributed by atoms with Crippen LogP contribution in [-0.4, -0.2) is 34.5 Å². The minimum atomic E-state index is -3.54. The third-order valence-electron chi connectivity index (χ3n) is 2.97. The number of hydrogen-bond donors (Lipinski definition) is 1. The normalized spacial score (nSPS) is 11.8. The summed E-state index contributed by atoms with van der Waals surface area (Å²) in [7, 11) is -3.54. The first-order valence-corrected chi connectivity index (χ1v) is 7.83. The Hall–Kier alpha value is -2.32. The van der Waals surface area contributed by atoms with E-state index in [0.717, 1.165) is 5.65 Å². The van der Waals surface area contributed by atoms with Gasteiger partial charge in [0.05, 0.1) is 0 Å². The Morgan fingerprint density at radius 3 is 2.86 bits per heavy atom. The lowest BCUT2D eigenvalue weighted by atomic mass is 10.4. The lowest BCUT2D eigenvalue weighted by Crippen LogP contribution is -2.26. The Balaban J connectivity index is 1.69. The molecule has 0 amide bonds. The third kappa shape index (κ3) is 2.91. The fourth-order valence-corrected chi connectivity index (χ4v) is 2.94. The molecule has 0 aliphatic rings. The highest BCUT2D eigenvalue weighted by Gasteiger charge is 2.13. The van der Waals surface area contributed by atoms with E-state index in [1.54, 1.807) is 6.07 Å². The van der Waals surface area contributed by atoms with E-state index in [-0.39, 0.29) is 11.4 Å². The van der Waals surface area contributed by atoms with Gasteiger partial charge in [-0.1, -0.05) is 6.07 Å². The lowest BCUT2D eigenvalue weighted by Gasteiger charge is -2.05. The van der Waals surface area contributed by atoms with Crippen molar-refractivity contribution in [3.8, 4) is 0 Å². The number of pyridine rings is 2. The molecule has 0 aliphatic carbocycles. The van der Waals surface area contributed by atoms with E-state index < -0.39 is 10.0 Å². The molecule has 0 saturated heterocycles. The van der Waals surface area contributed by atoms with E-state index in [9.17, 15) is 8.42 Å². The van der Waals surface area contributed by atoms with Gasteiger partial charge in [0.1, 0.15) is 10.7 Å². The minimum Gasteiger partial charge on any atom is -0.286 e. The molecule has 0 unspecified atom stereocenters. The zero-order valence-electron chi connectivity index (χ0n) is 11.0. The van der Waals surface area contributed by atoms with Crippen LogP contribution in [-0.2, 0) is 16.4 Å². The van der Waals surface area contributed by atoms with Gasteiger partial charge in [0.25, 0.3) is 0 Å². The molecular weight excluding hydrogens is 290 g/mol. The molecule has 21 heavy (non-hydrogen) atoms. The Labute approximate surface area is 121 Å². The van der Waals surface area contributed by atoms with Crippen molar-refractivity contribution in [1.82, 2.24) is 24.3 Å². The summed E-state index contributed by atoms with van der Waals surface area (Å²) in [4.78, 5) is 3.95. The number of nitrogens with zero attached hydrogens (tertiary/aromatic N) is 4. The molecule has 0 fully saturated rings. The maximum atomic E-state index is 12.0. The smallest absolute Gasteiger partial charge is 0.242 e. The summed E-state index contributed by atoms with van der Waals surface area (Å²) in [6.45, 7) is 0.243. The summed E-state index contributed by atoms with van der Waals surface area (Å²) in [6, 6.07) is 8.68. The van der Waals surface area contributed by atoms with Crippen molar-refractivity contribution < 1.29 is 8.42 Å². The summed E-state index contributed by atoms with van der Waals surface area (Å²) in [5.41, 5.74) is 0.739. The van der Waals surface area contributed by atoms with Gasteiger partial charge in [-0.05, 0) is 24.3 Å². The van der Waals surface area contributed by atoms with Gasteiger partial charge in [0.2, 0.25) is 10.0 Å². The highest BCUT2D eigenvalue weighted by atomic mass is 32.2. The molecule has 3 aromatic heterocycles. The van der Waals surface area contributed by atoms with Crippen LogP contribution in [0.4, 0.5) is 0 Å². The van der Waals surface area contributed by atoms with Crippen molar-refractivity contribution in [2.75, 3.05) is 6.54 Å². The molecule has 3 rings (SSSR count). The second-order valence-corrected chi connectivity index (χ2v) is 6.15. The van der Waals surface area contributed by atoms with Crippen molar-refractivity contribution >= 4 is 15.7 Å². The highest BCUT2D eigenvalue weighted by molar-refractivity contribution is 7.89. The van der Waals surface area contributed by atoms with Gasteiger partial charge in [-0.15, -0.1) is 10.2 Å². The number of fused-ring (bicyclic) bond motifs is 1. The average Bonchev–Trinajstić information content (AvgIpc) is 2.92. The van der Waals surface area contributed by atoms with Crippen LogP contribution in [0.3, 0.4) is 0 Å². The monoisotopic (exact) mass is 303 g/mol. The van der Waals surface area contributed by atoms with E-state index in [1.807, 2.05) is 28.8 Å². The van der Waals surface area contributed by atoms with Crippen molar-refractivity contribution in [2.24, 2.45) is 0 Å². The molecule has 0 spiro atoms. The summed E-state index contributed by atoms with van der Waals surface area (Å²) >= 11 is 0. The van der Waals surface area contributed by atoms with Gasteiger partial charge in [0, 0.05) is 31.6 Å². The minimum absolute atomic E-state index is 0.149. The molecule has 0 aliphatic heterocycles. The molecular formula is C13H13N5O2S. The van der Waals surface area contributed by atoms with E-state index in [0.29, 0.717) is 12.2 Å². The van der Waals surface area contributed by atoms with Crippen LogP contribution >= 0.6 is 0 Å². The first kappa shape index (κ1) is 13.7. The quantitative estimate of drug-likeness (QED) is 0.747. The second-order valence-electron chi connectivity index (χ2n) is 4.38. The lowest BCUT2D eigenvalue weighted by molar-refractivity contribution is 0.580. The predicted octanol–water partition coefficient (Wildman–Crippen LogP) is 0.645. The standard InChI is InChI=1S/C13H13N5O2S/c19-21(20,11-4-3-7-14-10-11)15-8-6-13-17-16-12-5-1-2-9-18(12)13/h1-5,7,9-10,15H,6,8H2. The fraction of sp³-hybridized carbons (Fsp3) is 0.154. The molecule has 0 saturated carbocycles. The van der Waals surface area contributed by atoms with Crippen molar-refractivity contribution in [3.63, 3.8) is 0 Å². The summed E-state index contributed by atoms with van der Waals surface area (Å²) in [5, 5.41) is 8.07. The van der Waals surface area contributed by atoms with Crippen LogP contribution in [0.2, 0.25) is 0 Å². The molecule has 3 heterocycles. The van der Waals surface area contributed by atoms with Crippen molar-refractivity contribution in [3.05, 3.63) is 54.7 Å². The first-order valence-electron chi connectivity index (χ1n) is 6.35. The first-order chi connectivity index (χ1) is 10.2. The summed E-state index contributed by atoms with van der Waals surface area (Å²) in [6.07, 6.45) is 5.14. The number of hydrogen-bond acceptors (Lipinski definition) is 5. The molecule has 8 heteroatoms. The largest absolute Gasteiger partial charge is 0.286 e. The van der Waals surface area contributed by atoms with E-state index in [2.05, 4.69) is 19.9 Å². The zero-order valence-corrected chi connectivity index (χ0v) is 11.9. The number of nitrogens with one attached hydrogen (secondary N) is 1. The Morgan fingerprint density at radius 1 is 1.14 bits per heavy atom. The van der Waals surface area contributed by atoms with Crippen LogP contribution in [0.5, 0.6) is 0 Å². The van der Waals surface area contributed by atoms with Crippen LogP contribution in [0.1, 0.15) is 5.82 Å². The van der Waals surface area contributed by atoms with Gasteiger partial charge >= 0.3 is 0 Å². The van der Waals surface area contributed by atoms with E-state index >= 15 is 0 Å². The van der Waals surface area contributed by atoms with Gasteiger partial charge in [-0.3, -0.25) is 9.38 Å². The summed E-state index contributed by atoms with van der Waals surface area (Å²) < 4.78 is 28.4. The van der Waals surface area contributed by atoms with E-state index in [1.165, 1.54) is 18.5 Å². The van der Waals surface area contributed by atoms with Crippen LogP contribution in [0, 0.1) is 0 Å². The Morgan fingerprint density at radius 2 is 2.05 bits per heavy atom. The number of sulfonamides is 1. The molecule has 1 N–H and O–H groups in total. The van der Waals surface area contributed by atoms with Gasteiger partial charge in [-0.2, -0.15) is 0 Å². The highest BCUT2D eigenvalue weighted by Crippen LogP contribution is 2.06. The van der Waals surface area contributed by atoms with Gasteiger partial charge in [-0.25, -0.2) is 13.1 Å². The van der Waals surface area contributed by atoms with Crippen molar-refractivity contribution in [1.29, 1.82) is 0 Å². The maximum Gasteiger partial charge on any atom is 0.242 e. The molecule has 0 atom stereocenters. The topological polar surface area (TPSA) is 89.2 Å². The Kier molecular flexibility index (Phi) is 3.63. The number of rotatable bonds is 5. The molecule has 0 bridgehead atoms. The van der Waals surface area contributed by atoms with E-state index in [4.69, 9.17) is 0 Å². The Bertz CT molecular complexity index is 845. The molecule has 108 valence electrons. The molecule has 0 aromatic carbocycles. The molecule has 3 aromatic rings. The average molecular weight is 303 g/mol. The summed E-state index contributed by atoms with van der Waals surface area (Å²) in [5.74, 6) is 0.708. The predicted molar refractivity (Wildman–Crippen MR) is 76.1 cm³/mol. The maximum absolute atomic E-state index is 12.0. The van der Waals surface area contributed by atoms with Crippen LogP contribution < -0.4 is 4.72 Å². The number of aromatic nitrogens is 4. The SMILES string of the molecule is O=S(=O)(NCCc1nnc2ccccn12)c1cccnc1. The van der Waals surface area contributed by atoms with Crippen LogP contribution in [0.15, 0.2) is 53.8 Å². The van der Waals surface area contributed by atoms with Crippen LogP contribution in [0.25, 0.3) is 5.65 Å². The third-order valence-corrected chi connectivity index (χ3v) is 4.42. The van der Waals surface area contributed by atoms with Gasteiger partial charge < -0.3 is 0 Å². The molecule has 7 nitrogen and oxygen atoms in total. The van der Waals surface area contributed by atoms with Gasteiger partial charge in [0.15, 0.2) is 5.65 Å². The molecule has 0 radical (unpaired) electrons. The second kappa shape index (κ2) is 5.58. The zero-order chi connectivity index (χ0) is 14.7. The fourth-order valence-electron chi connectivity index (χ4n) is 1.95. The van der Waals surface area contributed by atoms with Crippen molar-refractivity contribution in [2.45, 2.75) is 11.3 Å².